The molecule has 6 N–H and O–H groups in total. The average Bonchev–Trinajstić information content (AvgIpc) is 3.68. The van der Waals surface area contributed by atoms with Gasteiger partial charge in [0.25, 0.3) is 0 Å². The van der Waals surface area contributed by atoms with Crippen molar-refractivity contribution in [2.75, 3.05) is 19.6 Å². The number of nitrogens with one attached hydrogen (secondary N) is 5. The predicted octanol–water partition coefficient (Wildman–Crippen LogP) is 2.31. The Labute approximate surface area is 310 Å². The van der Waals surface area contributed by atoms with Crippen LogP contribution in [0.15, 0.2) is 60.8 Å². The van der Waals surface area contributed by atoms with E-state index in [-0.39, 0.29) is 61.8 Å². The molecule has 4 heterocycles. The van der Waals surface area contributed by atoms with Crippen LogP contribution in [0.1, 0.15) is 77.5 Å². The number of fused-ring (bicyclic) bond motifs is 2. The molecule has 13 heteroatoms. The van der Waals surface area contributed by atoms with Crippen molar-refractivity contribution in [2.24, 2.45) is 5.92 Å². The summed E-state index contributed by atoms with van der Waals surface area (Å²) in [6, 6.07) is 13.0. The molecule has 3 aliphatic heterocycles. The second-order valence-corrected chi connectivity index (χ2v) is 16.4. The van der Waals surface area contributed by atoms with E-state index in [9.17, 15) is 29.1 Å². The van der Waals surface area contributed by atoms with Gasteiger partial charge >= 0.3 is 0 Å². The van der Waals surface area contributed by atoms with Gasteiger partial charge in [0.1, 0.15) is 18.1 Å². The molecule has 0 spiro atoms. The van der Waals surface area contributed by atoms with Crippen molar-refractivity contribution in [3.05, 3.63) is 71.9 Å². The number of amides is 5. The lowest BCUT2D eigenvalue weighted by Gasteiger charge is -2.46. The largest absolute Gasteiger partial charge is 0.391 e. The molecule has 0 saturated carbocycles. The molecule has 6 rings (SSSR count). The number of carbonyl (C=O) groups excluding carboxylic acids is 5. The fraction of sp³-hybridized carbons (Fsp3) is 0.525. The Kier molecular flexibility index (Phi) is 11.0. The van der Waals surface area contributed by atoms with Crippen LogP contribution in [0, 0.1) is 5.92 Å². The molecule has 5 atom stereocenters. The first kappa shape index (κ1) is 38.0. The van der Waals surface area contributed by atoms with Crippen LogP contribution in [-0.4, -0.2) is 104 Å². The smallest absolute Gasteiger partial charge is 0.246 e. The molecule has 3 aliphatic rings. The maximum absolute atomic E-state index is 14.4. The number of rotatable bonds is 5. The summed E-state index contributed by atoms with van der Waals surface area (Å²) in [6.07, 6.45) is 2.65. The predicted molar refractivity (Wildman–Crippen MR) is 200 cm³/mol. The van der Waals surface area contributed by atoms with E-state index in [0.29, 0.717) is 0 Å². The molecule has 0 unspecified atom stereocenters. The summed E-state index contributed by atoms with van der Waals surface area (Å²) in [5.74, 6) is -2.35. The van der Waals surface area contributed by atoms with Crippen LogP contribution in [0.5, 0.6) is 0 Å². The number of hydrogen-bond acceptors (Lipinski definition) is 7. The van der Waals surface area contributed by atoms with E-state index < -0.39 is 53.9 Å². The SMILES string of the molecule is C[C@@H]1NC(=O)[C@@H]2C[C@@H](O)CN2C(=O)[C@@H](Cc2c[nH]c3ccccc23)NC(=O)CN(C(=O)CC2CC(C)(C)NC(C)(C)C2)C[C@@H](c2ccccc2)NC1=O. The van der Waals surface area contributed by atoms with Gasteiger partial charge in [0.2, 0.25) is 29.5 Å². The summed E-state index contributed by atoms with van der Waals surface area (Å²) >= 11 is 0. The highest BCUT2D eigenvalue weighted by molar-refractivity contribution is 5.96. The topological polar surface area (TPSA) is 176 Å². The number of H-pyrrole nitrogens is 1. The van der Waals surface area contributed by atoms with E-state index in [0.717, 1.165) is 34.9 Å². The third-order valence-corrected chi connectivity index (χ3v) is 10.7. The molecule has 0 aliphatic carbocycles. The molecular formula is C40H53N7O6. The minimum atomic E-state index is -1.11. The van der Waals surface area contributed by atoms with Crippen LogP contribution < -0.4 is 21.3 Å². The van der Waals surface area contributed by atoms with Crippen LogP contribution >= 0.6 is 0 Å². The Morgan fingerprint density at radius 1 is 0.868 bits per heavy atom. The van der Waals surface area contributed by atoms with Gasteiger partial charge in [-0.25, -0.2) is 0 Å². The summed E-state index contributed by atoms with van der Waals surface area (Å²) in [6.45, 7) is 9.57. The molecule has 0 bridgehead atoms. The normalized spacial score (nSPS) is 27.3. The van der Waals surface area contributed by atoms with Crippen LogP contribution in [0.25, 0.3) is 10.9 Å². The maximum atomic E-state index is 14.4. The number of para-hydroxylation sites is 1. The van der Waals surface area contributed by atoms with Crippen molar-refractivity contribution in [2.45, 2.75) is 108 Å². The first-order valence-corrected chi connectivity index (χ1v) is 18.6. The molecule has 2 aromatic carbocycles. The molecule has 1 aromatic heterocycles. The van der Waals surface area contributed by atoms with Gasteiger partial charge in [-0.2, -0.15) is 0 Å². The Balaban J connectivity index is 1.36. The van der Waals surface area contributed by atoms with E-state index in [2.05, 4.69) is 53.9 Å². The summed E-state index contributed by atoms with van der Waals surface area (Å²) in [7, 11) is 0. The van der Waals surface area contributed by atoms with Crippen molar-refractivity contribution in [1.29, 1.82) is 0 Å². The van der Waals surface area contributed by atoms with E-state index >= 15 is 0 Å². The number of aliphatic hydroxyl groups is 1. The second kappa shape index (κ2) is 15.3. The van der Waals surface area contributed by atoms with Crippen molar-refractivity contribution in [1.82, 2.24) is 36.1 Å². The highest BCUT2D eigenvalue weighted by Crippen LogP contribution is 2.35. The van der Waals surface area contributed by atoms with E-state index in [1.165, 1.54) is 9.80 Å². The molecule has 3 fully saturated rings. The van der Waals surface area contributed by atoms with Crippen LogP contribution in [0.3, 0.4) is 0 Å². The molecule has 284 valence electrons. The van der Waals surface area contributed by atoms with E-state index in [1.54, 1.807) is 13.1 Å². The molecule has 53 heavy (non-hydrogen) atoms. The summed E-state index contributed by atoms with van der Waals surface area (Å²) < 4.78 is 0. The molecule has 3 saturated heterocycles. The number of benzene rings is 2. The molecule has 5 amide bonds. The molecular weight excluding hydrogens is 674 g/mol. The number of carbonyl (C=O) groups is 5. The summed E-state index contributed by atoms with van der Waals surface area (Å²) in [4.78, 5) is 76.3. The van der Waals surface area contributed by atoms with Gasteiger partial charge in [0, 0.05) is 60.5 Å². The second-order valence-electron chi connectivity index (χ2n) is 16.4. The van der Waals surface area contributed by atoms with Crippen molar-refractivity contribution < 1.29 is 29.1 Å². The zero-order valence-corrected chi connectivity index (χ0v) is 31.3. The highest BCUT2D eigenvalue weighted by Gasteiger charge is 2.43. The fourth-order valence-electron chi connectivity index (χ4n) is 8.76. The lowest BCUT2D eigenvalue weighted by molar-refractivity contribution is -0.142. The molecule has 13 nitrogen and oxygen atoms in total. The monoisotopic (exact) mass is 727 g/mol. The Bertz CT molecular complexity index is 1820. The Hall–Kier alpha value is -4.75. The quantitative estimate of drug-likeness (QED) is 0.234. The number of aromatic amines is 1. The first-order chi connectivity index (χ1) is 25.1. The van der Waals surface area contributed by atoms with Crippen LogP contribution in [0.2, 0.25) is 0 Å². The van der Waals surface area contributed by atoms with Gasteiger partial charge in [-0.15, -0.1) is 0 Å². The van der Waals surface area contributed by atoms with Gasteiger partial charge in [-0.3, -0.25) is 24.0 Å². The highest BCUT2D eigenvalue weighted by atomic mass is 16.3. The minimum absolute atomic E-state index is 0.0115. The number of nitrogens with zero attached hydrogens (tertiary/aromatic N) is 2. The van der Waals surface area contributed by atoms with Gasteiger partial charge in [-0.1, -0.05) is 48.5 Å². The lowest BCUT2D eigenvalue weighted by Crippen LogP contribution is -2.58. The standard InChI is InChI=1S/C40H53N7O6/c1-24-36(51)44-32(26-11-7-6-8-12-26)22-46(35(50)15-25-18-39(2,3)45-40(4,5)19-25)23-34(49)43-31(16-27-20-41-30-14-10-9-13-29(27)30)38(53)47-21-28(48)17-33(47)37(52)42-24/h6-14,20,24-25,28,31-33,41,45,48H,15-19,21-23H2,1-5H3,(H,42,52)(H,43,49)(H,44,51)/t24-,28+,31+,32-,33-/m0/s1. The number of aromatic nitrogens is 1. The third kappa shape index (κ3) is 9.08. The first-order valence-electron chi connectivity index (χ1n) is 18.6. The van der Waals surface area contributed by atoms with Crippen molar-refractivity contribution >= 4 is 40.4 Å². The molecule has 3 aromatic rings. The Morgan fingerprint density at radius 2 is 1.55 bits per heavy atom. The Morgan fingerprint density at radius 3 is 2.26 bits per heavy atom. The van der Waals surface area contributed by atoms with Gasteiger partial charge in [-0.05, 0) is 70.6 Å². The van der Waals surface area contributed by atoms with Gasteiger partial charge in [0.05, 0.1) is 18.7 Å². The van der Waals surface area contributed by atoms with Crippen LogP contribution in [-0.2, 0) is 30.4 Å². The zero-order valence-electron chi connectivity index (χ0n) is 31.3. The summed E-state index contributed by atoms with van der Waals surface area (Å²) in [5.41, 5.74) is 1.99. The fourth-order valence-corrected chi connectivity index (χ4v) is 8.76. The van der Waals surface area contributed by atoms with E-state index in [1.807, 2.05) is 54.6 Å². The number of piperidine rings is 1. The van der Waals surface area contributed by atoms with Crippen molar-refractivity contribution in [3.8, 4) is 0 Å². The lowest BCUT2D eigenvalue weighted by atomic mass is 9.74. The van der Waals surface area contributed by atoms with Gasteiger partial charge < -0.3 is 41.2 Å². The average molecular weight is 728 g/mol. The minimum Gasteiger partial charge on any atom is -0.391 e. The van der Waals surface area contributed by atoms with E-state index in [4.69, 9.17) is 0 Å². The molecule has 0 radical (unpaired) electrons. The summed E-state index contributed by atoms with van der Waals surface area (Å²) in [5, 5.41) is 23.9. The van der Waals surface area contributed by atoms with Crippen molar-refractivity contribution in [3.63, 3.8) is 0 Å². The zero-order chi connectivity index (χ0) is 38.1. The number of hydrogen-bond donors (Lipinski definition) is 6. The maximum Gasteiger partial charge on any atom is 0.246 e. The number of aliphatic hydroxyl groups excluding tert-OH is 1. The van der Waals surface area contributed by atoms with Crippen LogP contribution in [0.4, 0.5) is 0 Å². The third-order valence-electron chi connectivity index (χ3n) is 10.7. The van der Waals surface area contributed by atoms with Gasteiger partial charge in [0.15, 0.2) is 0 Å².